The van der Waals surface area contributed by atoms with Crippen LogP contribution in [0.2, 0.25) is 0 Å². The lowest BCUT2D eigenvalue weighted by molar-refractivity contribution is 0.0705. The van der Waals surface area contributed by atoms with Gasteiger partial charge in [0, 0.05) is 175 Å². The molecule has 3 aliphatic heterocycles. The number of fused-ring (bicyclic) bond motifs is 3. The molecule has 8 aromatic rings. The predicted molar refractivity (Wildman–Crippen MR) is 422 cm³/mol. The highest BCUT2D eigenvalue weighted by Gasteiger charge is 2.34. The number of aromatic nitrogens is 11. The Bertz CT molecular complexity index is 4140. The number of amides is 2. The Labute approximate surface area is 623 Å². The summed E-state index contributed by atoms with van der Waals surface area (Å²) in [5, 5.41) is 33.6. The number of rotatable bonds is 21. The summed E-state index contributed by atoms with van der Waals surface area (Å²) in [6.07, 6.45) is 36.9. The fraction of sp³-hybridized carbons (Fsp3) is 0.639. The molecule has 0 aromatic carbocycles. The number of nitrogens with two attached hydrogens (primary N) is 1. The summed E-state index contributed by atoms with van der Waals surface area (Å²) < 4.78 is 7.20. The number of carbonyl (C=O) groups excluding carboxylic acids is 2. The van der Waals surface area contributed by atoms with Gasteiger partial charge in [-0.05, 0) is 249 Å². The molecule has 6 fully saturated rings. The Kier molecular flexibility index (Phi) is 25.9. The molecule has 22 heteroatoms. The molecular formula is C83H122N18O4. The lowest BCUT2D eigenvalue weighted by Crippen LogP contribution is -2.38. The maximum absolute atomic E-state index is 13.2. The smallest absolute Gasteiger partial charge is 0.253 e. The van der Waals surface area contributed by atoms with Crippen LogP contribution in [0, 0.1) is 33.6 Å². The van der Waals surface area contributed by atoms with Crippen LogP contribution in [0.1, 0.15) is 285 Å². The van der Waals surface area contributed by atoms with Crippen molar-refractivity contribution in [1.29, 1.82) is 0 Å². The number of pyridine rings is 2. The zero-order valence-electron chi connectivity index (χ0n) is 65.0. The van der Waals surface area contributed by atoms with E-state index >= 15 is 0 Å². The van der Waals surface area contributed by atoms with Gasteiger partial charge >= 0.3 is 0 Å². The number of anilines is 3. The van der Waals surface area contributed by atoms with E-state index in [1.54, 1.807) is 0 Å². The highest BCUT2D eigenvalue weighted by molar-refractivity contribution is 5.95. The lowest BCUT2D eigenvalue weighted by atomic mass is 9.86. The summed E-state index contributed by atoms with van der Waals surface area (Å²) in [7, 11) is 2.20. The summed E-state index contributed by atoms with van der Waals surface area (Å²) in [6.45, 7) is 26.5. The van der Waals surface area contributed by atoms with Crippen LogP contribution in [0.15, 0.2) is 61.4 Å². The third-order valence-corrected chi connectivity index (χ3v) is 23.7. The zero-order chi connectivity index (χ0) is 74.0. The topological polar surface area (TPSA) is 264 Å². The molecule has 568 valence electrons. The Morgan fingerprint density at radius 1 is 0.476 bits per heavy atom. The molecule has 22 nitrogen and oxygen atoms in total. The van der Waals surface area contributed by atoms with E-state index in [1.165, 1.54) is 28.5 Å². The molecule has 2 amide bonds. The first-order chi connectivity index (χ1) is 50.7. The summed E-state index contributed by atoms with van der Waals surface area (Å²) in [5.41, 5.74) is 18.4. The SMILES string of the molecule is CCC[C@H](C)Nc1ncc2c(C3CCN(C(=O)c4cc(C)nc(C)c4)CC3)cn(C3CCC(CO)CC3)c2n1.CCC[C@H](C)Nc1ncc2c(C3CCN(C(=O)c4cc(C)nc(C)c4)CC3)cn(C3CCC(N)CC3)c2n1.CCC[C@H](C)Nc1ncc2c(C3CCN(C)C3)cn(C3CCC(O)CC3)c2n1. The molecule has 3 saturated heterocycles. The van der Waals surface area contributed by atoms with Crippen molar-refractivity contribution in [2.45, 2.75) is 283 Å². The molecule has 3 aliphatic carbocycles. The summed E-state index contributed by atoms with van der Waals surface area (Å²) in [4.78, 5) is 70.9. The number of nitrogens with zero attached hydrogens (tertiary/aromatic N) is 14. The van der Waals surface area contributed by atoms with Crippen LogP contribution in [0.25, 0.3) is 33.1 Å². The number of aryl methyl sites for hydroxylation is 4. The van der Waals surface area contributed by atoms with Crippen LogP contribution in [0.4, 0.5) is 17.8 Å². The minimum Gasteiger partial charge on any atom is -0.396 e. The molecule has 105 heavy (non-hydrogen) atoms. The van der Waals surface area contributed by atoms with Gasteiger partial charge in [-0.3, -0.25) is 19.6 Å². The minimum absolute atomic E-state index is 0.102. The maximum atomic E-state index is 13.2. The monoisotopic (exact) mass is 1430 g/mol. The Hall–Kier alpha value is -7.66. The third-order valence-electron chi connectivity index (χ3n) is 23.7. The third kappa shape index (κ3) is 18.8. The van der Waals surface area contributed by atoms with Crippen LogP contribution in [0.3, 0.4) is 0 Å². The van der Waals surface area contributed by atoms with Crippen molar-refractivity contribution < 1.29 is 19.8 Å². The van der Waals surface area contributed by atoms with Gasteiger partial charge in [0.15, 0.2) is 0 Å². The van der Waals surface area contributed by atoms with Crippen LogP contribution >= 0.6 is 0 Å². The van der Waals surface area contributed by atoms with E-state index in [-0.39, 0.29) is 24.5 Å². The minimum atomic E-state index is -0.136. The molecule has 6 aliphatic rings. The van der Waals surface area contributed by atoms with Crippen molar-refractivity contribution in [2.24, 2.45) is 11.7 Å². The van der Waals surface area contributed by atoms with Crippen molar-refractivity contribution in [2.75, 3.05) is 68.9 Å². The molecule has 7 N–H and O–H groups in total. The van der Waals surface area contributed by atoms with Crippen molar-refractivity contribution in [3.05, 3.63) is 112 Å². The number of piperidine rings is 2. The predicted octanol–water partition coefficient (Wildman–Crippen LogP) is 15.2. The van der Waals surface area contributed by atoms with E-state index in [2.05, 4.69) is 117 Å². The van der Waals surface area contributed by atoms with Crippen LogP contribution < -0.4 is 21.7 Å². The summed E-state index contributed by atoms with van der Waals surface area (Å²) >= 11 is 0. The number of likely N-dealkylation sites (N-methyl/N-ethyl adjacent to an activating group) is 1. The first-order valence-corrected chi connectivity index (χ1v) is 40.4. The first kappa shape index (κ1) is 77.0. The van der Waals surface area contributed by atoms with Gasteiger partial charge in [0.1, 0.15) is 16.9 Å². The van der Waals surface area contributed by atoms with Gasteiger partial charge in [-0.15, -0.1) is 0 Å². The van der Waals surface area contributed by atoms with E-state index in [1.807, 2.05) is 80.4 Å². The second-order valence-corrected chi connectivity index (χ2v) is 32.3. The van der Waals surface area contributed by atoms with Gasteiger partial charge in [0.2, 0.25) is 17.8 Å². The molecule has 4 atom stereocenters. The second kappa shape index (κ2) is 35.4. The van der Waals surface area contributed by atoms with E-state index in [4.69, 9.17) is 30.7 Å². The van der Waals surface area contributed by atoms with Crippen molar-refractivity contribution >= 4 is 62.8 Å². The Morgan fingerprint density at radius 3 is 1.14 bits per heavy atom. The fourth-order valence-corrected chi connectivity index (χ4v) is 17.9. The molecule has 14 rings (SSSR count). The van der Waals surface area contributed by atoms with Crippen molar-refractivity contribution in [3.63, 3.8) is 0 Å². The number of aliphatic hydroxyl groups is 2. The molecule has 8 aromatic heterocycles. The van der Waals surface area contributed by atoms with E-state index in [9.17, 15) is 19.8 Å². The first-order valence-electron chi connectivity index (χ1n) is 40.4. The Morgan fingerprint density at radius 2 is 0.810 bits per heavy atom. The van der Waals surface area contributed by atoms with Gasteiger partial charge in [0.25, 0.3) is 11.8 Å². The summed E-state index contributed by atoms with van der Waals surface area (Å²) in [6, 6.07) is 10.2. The fourth-order valence-electron chi connectivity index (χ4n) is 17.9. The molecule has 0 bridgehead atoms. The number of hydrogen-bond donors (Lipinski definition) is 6. The van der Waals surface area contributed by atoms with Gasteiger partial charge < -0.3 is 60.3 Å². The average molecular weight is 1440 g/mol. The standard InChI is InChI=1S/C31H44N6O2.C30H43N7O.C22H35N5O/c1-5-6-20(2)34-31-32-17-27-28(18-37(29(27)35-31)26-9-7-23(19-38)8-10-26)24-11-13-36(14-12-24)30(39)25-15-21(3)33-22(4)16-25;1-5-6-19(2)34-30-32-17-26-27(18-37(28(26)35-30)25-9-7-24(31)8-10-25)22-11-13-36(14-12-22)29(38)23-15-20(3)33-21(4)16-23;1-4-5-15(2)24-22-23-12-19-20(16-10-11-26(3)13-16)14-27(21(19)25-22)17-6-8-18(28)9-7-17/h15-18,20,23-24,26,38H,5-14,19H2,1-4H3,(H,32,34,35);15-19,22,24-25H,5-14,31H2,1-4H3,(H,32,34,35);12,14-18,28H,4-11,13H2,1-3H3,(H,23,24,25)/t20-,23?,26?;19-,24?,25?;15-,16?,17?,18?/m000/s1. The Balaban J connectivity index is 0.000000150. The van der Waals surface area contributed by atoms with Crippen molar-refractivity contribution in [1.82, 2.24) is 68.3 Å². The zero-order valence-corrected chi connectivity index (χ0v) is 65.0. The molecular weight excluding hydrogens is 1310 g/mol. The van der Waals surface area contributed by atoms with E-state index in [0.29, 0.717) is 77.9 Å². The molecule has 11 heterocycles. The number of likely N-dealkylation sites (tertiary alicyclic amines) is 3. The highest BCUT2D eigenvalue weighted by Crippen LogP contribution is 2.43. The quantitative estimate of drug-likeness (QED) is 0.0390. The van der Waals surface area contributed by atoms with Gasteiger partial charge in [-0.25, -0.2) is 15.0 Å². The van der Waals surface area contributed by atoms with E-state index in [0.717, 1.165) is 248 Å². The molecule has 0 radical (unpaired) electrons. The van der Waals surface area contributed by atoms with Crippen LogP contribution in [-0.4, -0.2) is 173 Å². The largest absolute Gasteiger partial charge is 0.396 e. The lowest BCUT2D eigenvalue weighted by Gasteiger charge is -2.32. The molecule has 3 saturated carbocycles. The summed E-state index contributed by atoms with van der Waals surface area (Å²) in [5.74, 6) is 4.08. The van der Waals surface area contributed by atoms with Crippen molar-refractivity contribution in [3.8, 4) is 0 Å². The number of hydrogen-bond acceptors (Lipinski definition) is 17. The normalized spacial score (nSPS) is 23.0. The highest BCUT2D eigenvalue weighted by atomic mass is 16.3. The number of nitrogens with one attached hydrogen (secondary N) is 3. The van der Waals surface area contributed by atoms with Crippen LogP contribution in [-0.2, 0) is 0 Å². The number of aliphatic hydroxyl groups excluding tert-OH is 2. The van der Waals surface area contributed by atoms with Gasteiger partial charge in [-0.1, -0.05) is 40.0 Å². The second-order valence-electron chi connectivity index (χ2n) is 32.3. The average Bonchev–Trinajstić information content (AvgIpc) is 1.63. The van der Waals surface area contributed by atoms with Gasteiger partial charge in [-0.2, -0.15) is 15.0 Å². The number of carbonyl (C=O) groups is 2. The maximum Gasteiger partial charge on any atom is 0.253 e. The molecule has 1 unspecified atom stereocenters. The van der Waals surface area contributed by atoms with Gasteiger partial charge in [0.05, 0.1) is 6.10 Å². The van der Waals surface area contributed by atoms with Crippen LogP contribution in [0.5, 0.6) is 0 Å². The molecule has 0 spiro atoms. The van der Waals surface area contributed by atoms with E-state index < -0.39 is 0 Å².